The first-order valence-electron chi connectivity index (χ1n) is 10.1. The van der Waals surface area contributed by atoms with Crippen LogP contribution in [0.1, 0.15) is 13.3 Å². The zero-order chi connectivity index (χ0) is 20.8. The molecular formula is C20H30F2N6O. The minimum absolute atomic E-state index is 0.0458. The van der Waals surface area contributed by atoms with Crippen molar-refractivity contribution in [2.45, 2.75) is 19.4 Å². The summed E-state index contributed by atoms with van der Waals surface area (Å²) < 4.78 is 28.0. The van der Waals surface area contributed by atoms with Gasteiger partial charge in [0.25, 0.3) is 0 Å². The molecule has 2 N–H and O–H groups in total. The molecular weight excluding hydrogens is 378 g/mol. The second-order valence-electron chi connectivity index (χ2n) is 7.49. The number of rotatable bonds is 5. The monoisotopic (exact) mass is 408 g/mol. The first-order chi connectivity index (χ1) is 14.0. The Labute approximate surface area is 170 Å². The molecule has 0 saturated carbocycles. The molecule has 0 spiro atoms. The zero-order valence-electron chi connectivity index (χ0n) is 17.1. The van der Waals surface area contributed by atoms with E-state index in [9.17, 15) is 13.6 Å². The van der Waals surface area contributed by atoms with Gasteiger partial charge >= 0.3 is 0 Å². The SMILES string of the molecule is CN=C(NCCN1CCN(C(C)=O)CC1)NC1CCN(c2c(F)cccc2F)C1. The number of guanidine groups is 1. The van der Waals surface area contributed by atoms with Crippen LogP contribution in [0.3, 0.4) is 0 Å². The van der Waals surface area contributed by atoms with E-state index in [-0.39, 0.29) is 17.6 Å². The van der Waals surface area contributed by atoms with Gasteiger partial charge in [-0.2, -0.15) is 0 Å². The van der Waals surface area contributed by atoms with E-state index in [1.54, 1.807) is 18.9 Å². The van der Waals surface area contributed by atoms with Gasteiger partial charge in [-0.15, -0.1) is 0 Å². The number of hydrogen-bond donors (Lipinski definition) is 2. The number of benzene rings is 1. The fourth-order valence-electron chi connectivity index (χ4n) is 3.88. The highest BCUT2D eigenvalue weighted by molar-refractivity contribution is 5.80. The number of hydrogen-bond acceptors (Lipinski definition) is 4. The average Bonchev–Trinajstić information content (AvgIpc) is 3.15. The Morgan fingerprint density at radius 2 is 1.86 bits per heavy atom. The lowest BCUT2D eigenvalue weighted by molar-refractivity contribution is -0.130. The molecule has 1 amide bonds. The molecule has 9 heteroatoms. The van der Waals surface area contributed by atoms with E-state index in [2.05, 4.69) is 20.5 Å². The van der Waals surface area contributed by atoms with Crippen molar-refractivity contribution in [2.24, 2.45) is 4.99 Å². The van der Waals surface area contributed by atoms with E-state index in [4.69, 9.17) is 0 Å². The molecule has 0 aliphatic carbocycles. The highest BCUT2D eigenvalue weighted by atomic mass is 19.1. The summed E-state index contributed by atoms with van der Waals surface area (Å²) in [4.78, 5) is 21.6. The largest absolute Gasteiger partial charge is 0.365 e. The summed E-state index contributed by atoms with van der Waals surface area (Å²) in [6.45, 7) is 7.61. The average molecular weight is 408 g/mol. The summed E-state index contributed by atoms with van der Waals surface area (Å²) in [5, 5.41) is 6.65. The molecule has 29 heavy (non-hydrogen) atoms. The number of aliphatic imine (C=N–C) groups is 1. The van der Waals surface area contributed by atoms with Gasteiger partial charge in [-0.05, 0) is 18.6 Å². The van der Waals surface area contributed by atoms with Crippen molar-refractivity contribution in [3.63, 3.8) is 0 Å². The van der Waals surface area contributed by atoms with E-state index in [0.717, 1.165) is 45.7 Å². The molecule has 0 aromatic heterocycles. The third-order valence-corrected chi connectivity index (χ3v) is 5.54. The lowest BCUT2D eigenvalue weighted by Crippen LogP contribution is -2.51. The Morgan fingerprint density at radius 3 is 2.48 bits per heavy atom. The lowest BCUT2D eigenvalue weighted by Gasteiger charge is -2.34. The van der Waals surface area contributed by atoms with Crippen molar-refractivity contribution >= 4 is 17.6 Å². The molecule has 1 unspecified atom stereocenters. The Bertz CT molecular complexity index is 715. The normalized spacial score (nSPS) is 20.8. The molecule has 2 heterocycles. The molecule has 0 bridgehead atoms. The highest BCUT2D eigenvalue weighted by Gasteiger charge is 2.27. The van der Waals surface area contributed by atoms with E-state index in [1.807, 2.05) is 4.90 Å². The number of amides is 1. The summed E-state index contributed by atoms with van der Waals surface area (Å²) in [7, 11) is 1.71. The summed E-state index contributed by atoms with van der Waals surface area (Å²) in [5.41, 5.74) is 0.0458. The number of anilines is 1. The quantitative estimate of drug-likeness (QED) is 0.559. The van der Waals surface area contributed by atoms with Gasteiger partial charge in [0.05, 0.1) is 0 Å². The molecule has 1 aromatic rings. The molecule has 2 saturated heterocycles. The van der Waals surface area contributed by atoms with Gasteiger partial charge in [-0.3, -0.25) is 14.7 Å². The topological polar surface area (TPSA) is 63.2 Å². The molecule has 1 atom stereocenters. The predicted molar refractivity (Wildman–Crippen MR) is 110 cm³/mol. The van der Waals surface area contributed by atoms with Gasteiger partial charge in [-0.25, -0.2) is 8.78 Å². The number of halogens is 2. The Morgan fingerprint density at radius 1 is 1.17 bits per heavy atom. The molecule has 2 aliphatic heterocycles. The first-order valence-corrected chi connectivity index (χ1v) is 10.1. The first kappa shape index (κ1) is 21.3. The summed E-state index contributed by atoms with van der Waals surface area (Å²) in [5.74, 6) is -0.238. The van der Waals surface area contributed by atoms with Crippen LogP contribution < -0.4 is 15.5 Å². The Balaban J connectivity index is 1.41. The van der Waals surface area contributed by atoms with E-state index >= 15 is 0 Å². The van der Waals surface area contributed by atoms with Crippen LogP contribution in [-0.2, 0) is 4.79 Å². The van der Waals surface area contributed by atoms with Crippen LogP contribution in [0.4, 0.5) is 14.5 Å². The van der Waals surface area contributed by atoms with Gasteiger partial charge in [0, 0.05) is 72.4 Å². The third kappa shape index (κ3) is 5.56. The molecule has 1 aromatic carbocycles. The van der Waals surface area contributed by atoms with E-state index in [1.165, 1.54) is 18.2 Å². The second-order valence-corrected chi connectivity index (χ2v) is 7.49. The van der Waals surface area contributed by atoms with Gasteiger partial charge < -0.3 is 20.4 Å². The predicted octanol–water partition coefficient (Wildman–Crippen LogP) is 0.873. The van der Waals surface area contributed by atoms with Crippen LogP contribution in [0.5, 0.6) is 0 Å². The fourth-order valence-corrected chi connectivity index (χ4v) is 3.88. The minimum atomic E-state index is -0.530. The van der Waals surface area contributed by atoms with E-state index in [0.29, 0.717) is 19.0 Å². The van der Waals surface area contributed by atoms with Crippen molar-refractivity contribution in [3.8, 4) is 0 Å². The smallest absolute Gasteiger partial charge is 0.219 e. The van der Waals surface area contributed by atoms with Gasteiger partial charge in [0.15, 0.2) is 5.96 Å². The van der Waals surface area contributed by atoms with Crippen LogP contribution in [0.25, 0.3) is 0 Å². The van der Waals surface area contributed by atoms with Crippen LogP contribution in [0.15, 0.2) is 23.2 Å². The van der Waals surface area contributed by atoms with Gasteiger partial charge in [0.1, 0.15) is 17.3 Å². The molecule has 2 aliphatic rings. The van der Waals surface area contributed by atoms with Crippen molar-refractivity contribution in [1.29, 1.82) is 0 Å². The van der Waals surface area contributed by atoms with E-state index < -0.39 is 11.6 Å². The number of nitrogens with one attached hydrogen (secondary N) is 2. The minimum Gasteiger partial charge on any atom is -0.365 e. The fraction of sp³-hybridized carbons (Fsp3) is 0.600. The number of para-hydroxylation sites is 1. The van der Waals surface area contributed by atoms with Crippen molar-refractivity contribution in [3.05, 3.63) is 29.8 Å². The molecule has 160 valence electrons. The second kappa shape index (κ2) is 9.87. The summed E-state index contributed by atoms with van der Waals surface area (Å²) in [6, 6.07) is 4.02. The lowest BCUT2D eigenvalue weighted by atomic mass is 10.2. The van der Waals surface area contributed by atoms with Crippen LogP contribution in [-0.4, -0.2) is 87.1 Å². The third-order valence-electron chi connectivity index (χ3n) is 5.54. The molecule has 2 fully saturated rings. The van der Waals surface area contributed by atoms with Crippen molar-refractivity contribution < 1.29 is 13.6 Å². The van der Waals surface area contributed by atoms with Gasteiger partial charge in [-0.1, -0.05) is 6.07 Å². The zero-order valence-corrected chi connectivity index (χ0v) is 17.1. The van der Waals surface area contributed by atoms with Crippen LogP contribution in [0, 0.1) is 11.6 Å². The highest BCUT2D eigenvalue weighted by Crippen LogP contribution is 2.26. The molecule has 0 radical (unpaired) electrons. The maximum atomic E-state index is 14.0. The Kier molecular flexibility index (Phi) is 7.24. The number of piperazine rings is 1. The molecule has 7 nitrogen and oxygen atoms in total. The maximum Gasteiger partial charge on any atom is 0.219 e. The Hall–Kier alpha value is -2.42. The van der Waals surface area contributed by atoms with Crippen LogP contribution >= 0.6 is 0 Å². The number of carbonyl (C=O) groups excluding carboxylic acids is 1. The van der Waals surface area contributed by atoms with Crippen molar-refractivity contribution in [2.75, 3.05) is 64.3 Å². The van der Waals surface area contributed by atoms with Crippen molar-refractivity contribution in [1.82, 2.24) is 20.4 Å². The number of carbonyl (C=O) groups is 1. The van der Waals surface area contributed by atoms with Crippen LogP contribution in [0.2, 0.25) is 0 Å². The number of nitrogens with zero attached hydrogens (tertiary/aromatic N) is 4. The standard InChI is InChI=1S/C20H30F2N6O/c1-15(29)27-12-10-26(11-13-27)9-7-24-20(23-2)25-16-6-8-28(14-16)19-17(21)4-3-5-18(19)22/h3-5,16H,6-14H2,1-2H3,(H2,23,24,25). The maximum absolute atomic E-state index is 14.0. The summed E-state index contributed by atoms with van der Waals surface area (Å²) in [6.07, 6.45) is 0.779. The molecule has 3 rings (SSSR count). The summed E-state index contributed by atoms with van der Waals surface area (Å²) >= 11 is 0. The van der Waals surface area contributed by atoms with Gasteiger partial charge in [0.2, 0.25) is 5.91 Å².